The molecule has 0 aliphatic carbocycles. The molecule has 0 amide bonds. The third-order valence-electron chi connectivity index (χ3n) is 3.25. The lowest BCUT2D eigenvalue weighted by atomic mass is 10.1. The van der Waals surface area contributed by atoms with Crippen LogP contribution in [0.25, 0.3) is 0 Å². The zero-order valence-electron chi connectivity index (χ0n) is 14.1. The molecule has 1 aromatic rings. The smallest absolute Gasteiger partial charge is 0.0637 e. The van der Waals surface area contributed by atoms with Crippen molar-refractivity contribution in [1.29, 1.82) is 0 Å². The molecule has 0 aromatic heterocycles. The number of hydrogen-bond acceptors (Lipinski definition) is 4. The van der Waals surface area contributed by atoms with Gasteiger partial charge in [0.15, 0.2) is 0 Å². The van der Waals surface area contributed by atoms with E-state index in [0.717, 1.165) is 32.8 Å². The van der Waals surface area contributed by atoms with E-state index in [1.165, 1.54) is 11.3 Å². The Morgan fingerprint density at radius 2 is 1.48 bits per heavy atom. The number of methoxy groups -OCH3 is 2. The number of nitrogens with one attached hydrogen (secondary N) is 1. The van der Waals surface area contributed by atoms with Gasteiger partial charge in [0.05, 0.1) is 13.2 Å². The first-order valence-corrected chi connectivity index (χ1v) is 7.53. The quantitative estimate of drug-likeness (QED) is 0.759. The van der Waals surface area contributed by atoms with Gasteiger partial charge in [0.2, 0.25) is 0 Å². The van der Waals surface area contributed by atoms with Gasteiger partial charge < -0.3 is 19.7 Å². The molecule has 0 atom stereocenters. The van der Waals surface area contributed by atoms with E-state index in [2.05, 4.69) is 55.3 Å². The van der Waals surface area contributed by atoms with Gasteiger partial charge in [0, 0.05) is 45.1 Å². The lowest BCUT2D eigenvalue weighted by molar-refractivity contribution is 0.190. The van der Waals surface area contributed by atoms with Crippen molar-refractivity contribution < 1.29 is 9.47 Å². The minimum absolute atomic E-state index is 0.141. The maximum Gasteiger partial charge on any atom is 0.0637 e. The maximum absolute atomic E-state index is 5.18. The highest BCUT2D eigenvalue weighted by atomic mass is 16.5. The molecule has 120 valence electrons. The van der Waals surface area contributed by atoms with Crippen LogP contribution in [0.15, 0.2) is 24.3 Å². The molecule has 0 unspecified atom stereocenters. The Labute approximate surface area is 129 Å². The molecule has 0 aliphatic heterocycles. The summed E-state index contributed by atoms with van der Waals surface area (Å²) in [4.78, 5) is 2.29. The van der Waals surface area contributed by atoms with Gasteiger partial charge in [0.1, 0.15) is 0 Å². The third-order valence-corrected chi connectivity index (χ3v) is 3.25. The molecule has 0 spiro atoms. The summed E-state index contributed by atoms with van der Waals surface area (Å²) in [6, 6.07) is 8.71. The predicted molar refractivity (Wildman–Crippen MR) is 89.0 cm³/mol. The highest BCUT2D eigenvalue weighted by Crippen LogP contribution is 2.15. The van der Waals surface area contributed by atoms with E-state index in [0.29, 0.717) is 0 Å². The lowest BCUT2D eigenvalue weighted by Crippen LogP contribution is -2.35. The van der Waals surface area contributed by atoms with Crippen LogP contribution in [0, 0.1) is 0 Å². The average Bonchev–Trinajstić information content (AvgIpc) is 2.45. The number of hydrogen-bond donors (Lipinski definition) is 1. The summed E-state index contributed by atoms with van der Waals surface area (Å²) in [6.45, 7) is 10.6. The molecule has 1 N–H and O–H groups in total. The van der Waals surface area contributed by atoms with Gasteiger partial charge >= 0.3 is 0 Å². The van der Waals surface area contributed by atoms with Crippen LogP contribution >= 0.6 is 0 Å². The van der Waals surface area contributed by atoms with Gasteiger partial charge in [-0.1, -0.05) is 12.1 Å². The Bertz CT molecular complexity index is 377. The Hall–Kier alpha value is -1.10. The van der Waals surface area contributed by atoms with Gasteiger partial charge in [-0.15, -0.1) is 0 Å². The largest absolute Gasteiger partial charge is 0.383 e. The van der Waals surface area contributed by atoms with Crippen LogP contribution in [-0.2, 0) is 16.0 Å². The molecule has 4 heteroatoms. The number of nitrogens with zero attached hydrogens (tertiary/aromatic N) is 1. The van der Waals surface area contributed by atoms with Gasteiger partial charge in [-0.05, 0) is 38.5 Å². The minimum Gasteiger partial charge on any atom is -0.383 e. The molecular formula is C17H30N2O2. The zero-order valence-corrected chi connectivity index (χ0v) is 14.1. The van der Waals surface area contributed by atoms with Crippen molar-refractivity contribution in [2.75, 3.05) is 45.4 Å². The van der Waals surface area contributed by atoms with Gasteiger partial charge in [-0.2, -0.15) is 0 Å². The second-order valence-electron chi connectivity index (χ2n) is 6.24. The lowest BCUT2D eigenvalue weighted by Gasteiger charge is -2.25. The fourth-order valence-corrected chi connectivity index (χ4v) is 1.96. The highest BCUT2D eigenvalue weighted by molar-refractivity contribution is 5.47. The molecule has 0 bridgehead atoms. The number of benzene rings is 1. The summed E-state index contributed by atoms with van der Waals surface area (Å²) in [5.74, 6) is 0. The fraction of sp³-hybridized carbons (Fsp3) is 0.647. The Morgan fingerprint density at radius 3 is 1.90 bits per heavy atom. The molecule has 4 nitrogen and oxygen atoms in total. The first-order chi connectivity index (χ1) is 9.96. The molecule has 0 saturated heterocycles. The summed E-state index contributed by atoms with van der Waals surface area (Å²) >= 11 is 0. The maximum atomic E-state index is 5.18. The van der Waals surface area contributed by atoms with Crippen molar-refractivity contribution >= 4 is 5.69 Å². The van der Waals surface area contributed by atoms with Crippen molar-refractivity contribution in [2.45, 2.75) is 32.9 Å². The summed E-state index contributed by atoms with van der Waals surface area (Å²) in [5.41, 5.74) is 2.65. The topological polar surface area (TPSA) is 33.7 Å². The van der Waals surface area contributed by atoms with Crippen molar-refractivity contribution in [3.63, 3.8) is 0 Å². The number of anilines is 1. The van der Waals surface area contributed by atoms with E-state index in [9.17, 15) is 0 Å². The van der Waals surface area contributed by atoms with E-state index in [1.807, 2.05) is 0 Å². The molecule has 1 aromatic carbocycles. The van der Waals surface area contributed by atoms with E-state index in [-0.39, 0.29) is 5.54 Å². The van der Waals surface area contributed by atoms with Crippen LogP contribution < -0.4 is 10.2 Å². The summed E-state index contributed by atoms with van der Waals surface area (Å²) in [7, 11) is 3.46. The standard InChI is InChI=1S/C17H30N2O2/c1-17(2,3)18-14-15-6-8-16(9-7-15)19(10-12-20-4)11-13-21-5/h6-9,18H,10-14H2,1-5H3. The molecule has 0 saturated carbocycles. The minimum atomic E-state index is 0.141. The average molecular weight is 294 g/mol. The van der Waals surface area contributed by atoms with Crippen molar-refractivity contribution in [3.05, 3.63) is 29.8 Å². The Kier molecular flexibility index (Phi) is 7.72. The van der Waals surface area contributed by atoms with Crippen LogP contribution in [0.4, 0.5) is 5.69 Å². The van der Waals surface area contributed by atoms with Crippen LogP contribution in [0.5, 0.6) is 0 Å². The predicted octanol–water partition coefficient (Wildman–Crippen LogP) is 2.67. The highest BCUT2D eigenvalue weighted by Gasteiger charge is 2.09. The van der Waals surface area contributed by atoms with Crippen molar-refractivity contribution in [3.8, 4) is 0 Å². The summed E-state index contributed by atoms with van der Waals surface area (Å²) in [5, 5.41) is 3.50. The van der Waals surface area contributed by atoms with Crippen LogP contribution in [0.3, 0.4) is 0 Å². The van der Waals surface area contributed by atoms with E-state index in [1.54, 1.807) is 14.2 Å². The molecule has 0 radical (unpaired) electrons. The molecule has 1 rings (SSSR count). The molecule has 0 fully saturated rings. The number of rotatable bonds is 9. The SMILES string of the molecule is COCCN(CCOC)c1ccc(CNC(C)(C)C)cc1. The summed E-state index contributed by atoms with van der Waals surface area (Å²) in [6.07, 6.45) is 0. The normalized spacial score (nSPS) is 11.7. The first kappa shape index (κ1) is 18.0. The van der Waals surface area contributed by atoms with Crippen LogP contribution in [0.1, 0.15) is 26.3 Å². The number of ether oxygens (including phenoxy) is 2. The second-order valence-corrected chi connectivity index (χ2v) is 6.24. The fourth-order valence-electron chi connectivity index (χ4n) is 1.96. The molecule has 21 heavy (non-hydrogen) atoms. The van der Waals surface area contributed by atoms with Crippen LogP contribution in [0.2, 0.25) is 0 Å². The van der Waals surface area contributed by atoms with Crippen molar-refractivity contribution in [1.82, 2.24) is 5.32 Å². The second kappa shape index (κ2) is 9.03. The van der Waals surface area contributed by atoms with Gasteiger partial charge in [-0.25, -0.2) is 0 Å². The van der Waals surface area contributed by atoms with E-state index >= 15 is 0 Å². The summed E-state index contributed by atoms with van der Waals surface area (Å²) < 4.78 is 10.4. The molecule has 0 heterocycles. The van der Waals surface area contributed by atoms with E-state index in [4.69, 9.17) is 9.47 Å². The Morgan fingerprint density at radius 1 is 0.952 bits per heavy atom. The molecular weight excluding hydrogens is 264 g/mol. The Balaban J connectivity index is 2.63. The molecule has 0 aliphatic rings. The van der Waals surface area contributed by atoms with Gasteiger partial charge in [-0.3, -0.25) is 0 Å². The van der Waals surface area contributed by atoms with E-state index < -0.39 is 0 Å². The van der Waals surface area contributed by atoms with Crippen molar-refractivity contribution in [2.24, 2.45) is 0 Å². The third kappa shape index (κ3) is 7.46. The monoisotopic (exact) mass is 294 g/mol. The van der Waals surface area contributed by atoms with Gasteiger partial charge in [0.25, 0.3) is 0 Å². The van der Waals surface area contributed by atoms with Crippen LogP contribution in [-0.4, -0.2) is 46.1 Å². The first-order valence-electron chi connectivity index (χ1n) is 7.53. The zero-order chi connectivity index (χ0) is 15.7.